The zero-order chi connectivity index (χ0) is 13.8. The van der Waals surface area contributed by atoms with Gasteiger partial charge in [-0.3, -0.25) is 4.79 Å². The van der Waals surface area contributed by atoms with E-state index in [-0.39, 0.29) is 11.9 Å². The molecule has 0 aromatic heterocycles. The standard InChI is InChI=1S/C14H19BrClNO/c1-4-12(10-5-7-11(15)8-6-10)17-13(18)14(2,3)9-16/h5-8,12H,4,9H2,1-3H3,(H,17,18). The molecule has 0 saturated heterocycles. The van der Waals surface area contributed by atoms with Gasteiger partial charge in [-0.25, -0.2) is 0 Å². The Balaban J connectivity index is 2.80. The molecule has 0 spiro atoms. The molecule has 0 aliphatic rings. The number of hydrogen-bond acceptors (Lipinski definition) is 1. The predicted molar refractivity (Wildman–Crippen MR) is 79.8 cm³/mol. The topological polar surface area (TPSA) is 29.1 Å². The summed E-state index contributed by atoms with van der Waals surface area (Å²) in [5.74, 6) is 0.308. The molecule has 0 aliphatic heterocycles. The second-order valence-corrected chi connectivity index (χ2v) is 6.19. The molecule has 1 aromatic carbocycles. The fourth-order valence-electron chi connectivity index (χ4n) is 1.53. The minimum absolute atomic E-state index is 0.00716. The molecule has 100 valence electrons. The summed E-state index contributed by atoms with van der Waals surface area (Å²) in [5.41, 5.74) is 0.573. The van der Waals surface area contributed by atoms with Gasteiger partial charge in [0.2, 0.25) is 5.91 Å². The van der Waals surface area contributed by atoms with Crippen molar-refractivity contribution in [1.29, 1.82) is 0 Å². The van der Waals surface area contributed by atoms with E-state index in [0.29, 0.717) is 5.88 Å². The van der Waals surface area contributed by atoms with Crippen molar-refractivity contribution in [3.63, 3.8) is 0 Å². The summed E-state index contributed by atoms with van der Waals surface area (Å²) in [4.78, 5) is 12.1. The number of benzene rings is 1. The Kier molecular flexibility index (Phi) is 5.67. The first kappa shape index (κ1) is 15.5. The van der Waals surface area contributed by atoms with Gasteiger partial charge in [0.25, 0.3) is 0 Å². The summed E-state index contributed by atoms with van der Waals surface area (Å²) in [6.45, 7) is 5.76. The smallest absolute Gasteiger partial charge is 0.227 e. The lowest BCUT2D eigenvalue weighted by molar-refractivity contribution is -0.129. The Morgan fingerprint density at radius 2 is 1.94 bits per heavy atom. The molecule has 1 aromatic rings. The van der Waals surface area contributed by atoms with Crippen molar-refractivity contribution in [1.82, 2.24) is 5.32 Å². The molecule has 0 heterocycles. The Morgan fingerprint density at radius 1 is 1.39 bits per heavy atom. The van der Waals surface area contributed by atoms with Gasteiger partial charge in [0.15, 0.2) is 0 Å². The first-order valence-electron chi connectivity index (χ1n) is 6.03. The van der Waals surface area contributed by atoms with Crippen molar-refractivity contribution in [3.05, 3.63) is 34.3 Å². The molecule has 1 rings (SSSR count). The Hall–Kier alpha value is -0.540. The minimum Gasteiger partial charge on any atom is -0.349 e. The maximum absolute atomic E-state index is 12.1. The van der Waals surface area contributed by atoms with Crippen molar-refractivity contribution in [2.45, 2.75) is 33.2 Å². The fraction of sp³-hybridized carbons (Fsp3) is 0.500. The van der Waals surface area contributed by atoms with E-state index in [0.717, 1.165) is 16.5 Å². The van der Waals surface area contributed by atoms with Gasteiger partial charge < -0.3 is 5.32 Å². The highest BCUT2D eigenvalue weighted by Crippen LogP contribution is 2.23. The largest absolute Gasteiger partial charge is 0.349 e. The van der Waals surface area contributed by atoms with Crippen LogP contribution in [0.4, 0.5) is 0 Å². The van der Waals surface area contributed by atoms with Crippen molar-refractivity contribution in [2.75, 3.05) is 5.88 Å². The maximum atomic E-state index is 12.1. The molecule has 1 amide bonds. The van der Waals surface area contributed by atoms with E-state index in [4.69, 9.17) is 11.6 Å². The quantitative estimate of drug-likeness (QED) is 0.801. The molecular weight excluding hydrogens is 314 g/mol. The van der Waals surface area contributed by atoms with E-state index >= 15 is 0 Å². The van der Waals surface area contributed by atoms with Gasteiger partial charge >= 0.3 is 0 Å². The molecule has 0 aliphatic carbocycles. The van der Waals surface area contributed by atoms with Crippen LogP contribution in [0.3, 0.4) is 0 Å². The number of amides is 1. The third-order valence-electron chi connectivity index (χ3n) is 2.93. The van der Waals surface area contributed by atoms with E-state index in [2.05, 4.69) is 28.2 Å². The summed E-state index contributed by atoms with van der Waals surface area (Å²) >= 11 is 9.22. The van der Waals surface area contributed by atoms with Crippen molar-refractivity contribution < 1.29 is 4.79 Å². The highest BCUT2D eigenvalue weighted by atomic mass is 79.9. The van der Waals surface area contributed by atoms with Crippen LogP contribution in [0.25, 0.3) is 0 Å². The van der Waals surface area contributed by atoms with Gasteiger partial charge in [-0.05, 0) is 38.0 Å². The highest BCUT2D eigenvalue weighted by Gasteiger charge is 2.28. The molecule has 2 nitrogen and oxygen atoms in total. The molecule has 1 unspecified atom stereocenters. The lowest BCUT2D eigenvalue weighted by atomic mass is 9.93. The number of nitrogens with one attached hydrogen (secondary N) is 1. The van der Waals surface area contributed by atoms with Gasteiger partial charge in [-0.15, -0.1) is 11.6 Å². The zero-order valence-corrected chi connectivity index (χ0v) is 13.3. The first-order chi connectivity index (χ1) is 8.40. The van der Waals surface area contributed by atoms with E-state index in [1.165, 1.54) is 0 Å². The summed E-state index contributed by atoms with van der Waals surface area (Å²) in [6.07, 6.45) is 0.853. The second kappa shape index (κ2) is 6.58. The zero-order valence-electron chi connectivity index (χ0n) is 11.0. The van der Waals surface area contributed by atoms with Crippen LogP contribution >= 0.6 is 27.5 Å². The van der Waals surface area contributed by atoms with Crippen LogP contribution in [0, 0.1) is 5.41 Å². The first-order valence-corrected chi connectivity index (χ1v) is 7.36. The van der Waals surface area contributed by atoms with Gasteiger partial charge in [-0.1, -0.05) is 35.0 Å². The number of halogens is 2. The summed E-state index contributed by atoms with van der Waals surface area (Å²) in [6, 6.07) is 8.04. The normalized spacial score (nSPS) is 13.2. The average Bonchev–Trinajstić information content (AvgIpc) is 2.36. The lowest BCUT2D eigenvalue weighted by Crippen LogP contribution is -2.40. The van der Waals surface area contributed by atoms with Crippen LogP contribution in [0.1, 0.15) is 38.8 Å². The molecule has 0 fully saturated rings. The van der Waals surface area contributed by atoms with E-state index in [1.54, 1.807) is 0 Å². The minimum atomic E-state index is -0.537. The predicted octanol–water partition coefficient (Wildman–Crippen LogP) is 4.28. The highest BCUT2D eigenvalue weighted by molar-refractivity contribution is 9.10. The van der Waals surface area contributed by atoms with Crippen molar-refractivity contribution in [3.8, 4) is 0 Å². The molecular formula is C14H19BrClNO. The lowest BCUT2D eigenvalue weighted by Gasteiger charge is -2.25. The van der Waals surface area contributed by atoms with Crippen LogP contribution in [0.5, 0.6) is 0 Å². The number of rotatable bonds is 5. The monoisotopic (exact) mass is 331 g/mol. The maximum Gasteiger partial charge on any atom is 0.227 e. The molecule has 4 heteroatoms. The molecule has 0 radical (unpaired) electrons. The van der Waals surface area contributed by atoms with Crippen LogP contribution < -0.4 is 5.32 Å². The van der Waals surface area contributed by atoms with Gasteiger partial charge in [-0.2, -0.15) is 0 Å². The molecule has 0 bridgehead atoms. The molecule has 0 saturated carbocycles. The summed E-state index contributed by atoms with van der Waals surface area (Å²) in [7, 11) is 0. The molecule has 1 atom stereocenters. The summed E-state index contributed by atoms with van der Waals surface area (Å²) in [5, 5.41) is 3.05. The van der Waals surface area contributed by atoms with Crippen molar-refractivity contribution in [2.24, 2.45) is 5.41 Å². The van der Waals surface area contributed by atoms with Crippen LogP contribution in [-0.4, -0.2) is 11.8 Å². The molecule has 18 heavy (non-hydrogen) atoms. The third kappa shape index (κ3) is 3.99. The summed E-state index contributed by atoms with van der Waals surface area (Å²) < 4.78 is 1.04. The Labute approximate surface area is 122 Å². The van der Waals surface area contributed by atoms with E-state index in [1.807, 2.05) is 38.1 Å². The van der Waals surface area contributed by atoms with Crippen LogP contribution in [-0.2, 0) is 4.79 Å². The Bertz CT molecular complexity index is 403. The van der Waals surface area contributed by atoms with E-state index in [9.17, 15) is 4.79 Å². The van der Waals surface area contributed by atoms with Crippen LogP contribution in [0.2, 0.25) is 0 Å². The second-order valence-electron chi connectivity index (χ2n) is 5.00. The fourth-order valence-corrected chi connectivity index (χ4v) is 1.92. The third-order valence-corrected chi connectivity index (χ3v) is 4.13. The number of carbonyl (C=O) groups is 1. The number of hydrogen-bond donors (Lipinski definition) is 1. The van der Waals surface area contributed by atoms with Crippen LogP contribution in [0.15, 0.2) is 28.7 Å². The van der Waals surface area contributed by atoms with Crippen molar-refractivity contribution >= 4 is 33.4 Å². The molecule has 1 N–H and O–H groups in total. The SMILES string of the molecule is CCC(NC(=O)C(C)(C)CCl)c1ccc(Br)cc1. The van der Waals surface area contributed by atoms with Gasteiger partial charge in [0.05, 0.1) is 11.5 Å². The number of alkyl halides is 1. The van der Waals surface area contributed by atoms with Gasteiger partial charge in [0.1, 0.15) is 0 Å². The van der Waals surface area contributed by atoms with E-state index < -0.39 is 5.41 Å². The number of carbonyl (C=O) groups excluding carboxylic acids is 1. The Morgan fingerprint density at radius 3 is 2.39 bits per heavy atom. The average molecular weight is 333 g/mol. The van der Waals surface area contributed by atoms with Gasteiger partial charge in [0, 0.05) is 10.4 Å².